The number of allylic oxidation sites excluding steroid dienone is 4. The second kappa shape index (κ2) is 6.84. The van der Waals surface area contributed by atoms with Crippen LogP contribution >= 0.6 is 0 Å². The van der Waals surface area contributed by atoms with E-state index < -0.39 is 0 Å². The highest BCUT2D eigenvalue weighted by atomic mass is 14.2. The molecule has 0 bridgehead atoms. The zero-order valence-corrected chi connectivity index (χ0v) is 10.0. The van der Waals surface area contributed by atoms with Crippen LogP contribution < -0.4 is 0 Å². The predicted molar refractivity (Wildman–Crippen MR) is 72.6 cm³/mol. The molecule has 16 heavy (non-hydrogen) atoms. The van der Waals surface area contributed by atoms with E-state index in [9.17, 15) is 0 Å². The summed E-state index contributed by atoms with van der Waals surface area (Å²) >= 11 is 0. The molecule has 1 unspecified atom stereocenters. The van der Waals surface area contributed by atoms with Gasteiger partial charge in [0.25, 0.3) is 0 Å². The molecule has 0 aliphatic carbocycles. The number of hydrogen-bond acceptors (Lipinski definition) is 0. The van der Waals surface area contributed by atoms with Crippen molar-refractivity contribution in [3.05, 3.63) is 72.9 Å². The SMILES string of the molecule is C=C/C=C(\C=C)C(CCC)c1ccccc1. The van der Waals surface area contributed by atoms with Gasteiger partial charge in [-0.3, -0.25) is 0 Å². The number of rotatable bonds is 6. The Hall–Kier alpha value is -1.56. The largest absolute Gasteiger partial charge is 0.0991 e. The van der Waals surface area contributed by atoms with Crippen LogP contribution in [0.25, 0.3) is 0 Å². The normalized spacial score (nSPS) is 13.2. The highest BCUT2D eigenvalue weighted by molar-refractivity contribution is 5.35. The van der Waals surface area contributed by atoms with E-state index in [0.717, 1.165) is 6.42 Å². The first kappa shape index (κ1) is 12.5. The maximum absolute atomic E-state index is 3.89. The smallest absolute Gasteiger partial charge is 0.00890 e. The second-order valence-corrected chi connectivity index (χ2v) is 3.86. The molecule has 0 N–H and O–H groups in total. The Morgan fingerprint density at radius 1 is 1.25 bits per heavy atom. The van der Waals surface area contributed by atoms with E-state index in [4.69, 9.17) is 0 Å². The minimum atomic E-state index is 0.446. The zero-order chi connectivity index (χ0) is 11.8. The Balaban J connectivity index is 3.03. The van der Waals surface area contributed by atoms with E-state index in [1.54, 1.807) is 0 Å². The maximum Gasteiger partial charge on any atom is 0.00890 e. The zero-order valence-electron chi connectivity index (χ0n) is 10.0. The van der Waals surface area contributed by atoms with Gasteiger partial charge in [0.15, 0.2) is 0 Å². The molecule has 0 nitrogen and oxygen atoms in total. The molecule has 1 rings (SSSR count). The van der Waals surface area contributed by atoms with Gasteiger partial charge >= 0.3 is 0 Å². The van der Waals surface area contributed by atoms with Crippen molar-refractivity contribution in [1.29, 1.82) is 0 Å². The Labute approximate surface area is 99.0 Å². The Bertz CT molecular complexity index is 357. The van der Waals surface area contributed by atoms with Crippen molar-refractivity contribution in [1.82, 2.24) is 0 Å². The predicted octanol–water partition coefficient (Wildman–Crippen LogP) is 4.87. The molecule has 0 heterocycles. The van der Waals surface area contributed by atoms with Gasteiger partial charge in [-0.05, 0) is 17.6 Å². The van der Waals surface area contributed by atoms with Crippen LogP contribution in [-0.4, -0.2) is 0 Å². The maximum atomic E-state index is 3.89. The summed E-state index contributed by atoms with van der Waals surface area (Å²) in [6.07, 6.45) is 8.15. The lowest BCUT2D eigenvalue weighted by molar-refractivity contribution is 0.698. The molecule has 84 valence electrons. The van der Waals surface area contributed by atoms with Crippen LogP contribution in [-0.2, 0) is 0 Å². The molecule has 0 fully saturated rings. The van der Waals surface area contributed by atoms with Gasteiger partial charge in [0, 0.05) is 5.92 Å². The highest BCUT2D eigenvalue weighted by Gasteiger charge is 2.12. The summed E-state index contributed by atoms with van der Waals surface area (Å²) in [4.78, 5) is 0. The summed E-state index contributed by atoms with van der Waals surface area (Å²) in [5.41, 5.74) is 2.61. The average molecular weight is 212 g/mol. The molecule has 0 aromatic heterocycles. The first-order valence-corrected chi connectivity index (χ1v) is 5.83. The van der Waals surface area contributed by atoms with Crippen LogP contribution in [0.15, 0.2) is 67.3 Å². The van der Waals surface area contributed by atoms with Gasteiger partial charge < -0.3 is 0 Å². The van der Waals surface area contributed by atoms with E-state index in [0.29, 0.717) is 5.92 Å². The van der Waals surface area contributed by atoms with Crippen molar-refractivity contribution in [2.24, 2.45) is 0 Å². The van der Waals surface area contributed by atoms with Crippen molar-refractivity contribution in [3.8, 4) is 0 Å². The lowest BCUT2D eigenvalue weighted by Gasteiger charge is -2.17. The first-order chi connectivity index (χ1) is 7.83. The average Bonchev–Trinajstić information content (AvgIpc) is 2.35. The fourth-order valence-corrected chi connectivity index (χ4v) is 1.96. The number of benzene rings is 1. The Morgan fingerprint density at radius 2 is 1.94 bits per heavy atom. The quantitative estimate of drug-likeness (QED) is 0.590. The van der Waals surface area contributed by atoms with Gasteiger partial charge in [0.1, 0.15) is 0 Å². The van der Waals surface area contributed by atoms with Gasteiger partial charge in [-0.2, -0.15) is 0 Å². The van der Waals surface area contributed by atoms with Gasteiger partial charge in [-0.25, -0.2) is 0 Å². The summed E-state index contributed by atoms with van der Waals surface area (Å²) in [5.74, 6) is 0.446. The van der Waals surface area contributed by atoms with Crippen molar-refractivity contribution in [2.45, 2.75) is 25.7 Å². The molecule has 0 amide bonds. The van der Waals surface area contributed by atoms with Gasteiger partial charge in [-0.15, -0.1) is 0 Å². The third kappa shape index (κ3) is 3.23. The van der Waals surface area contributed by atoms with Gasteiger partial charge in [0.2, 0.25) is 0 Å². The van der Waals surface area contributed by atoms with Crippen LogP contribution in [0.1, 0.15) is 31.2 Å². The number of hydrogen-bond donors (Lipinski definition) is 0. The lowest BCUT2D eigenvalue weighted by atomic mass is 9.87. The van der Waals surface area contributed by atoms with E-state index in [-0.39, 0.29) is 0 Å². The molecule has 0 aliphatic heterocycles. The van der Waals surface area contributed by atoms with Crippen LogP contribution in [0.5, 0.6) is 0 Å². The fourth-order valence-electron chi connectivity index (χ4n) is 1.96. The third-order valence-corrected chi connectivity index (χ3v) is 2.73. The fraction of sp³-hybridized carbons (Fsp3) is 0.250. The summed E-state index contributed by atoms with van der Waals surface area (Å²) in [6.45, 7) is 9.87. The van der Waals surface area contributed by atoms with Crippen molar-refractivity contribution in [3.63, 3.8) is 0 Å². The Kier molecular flexibility index (Phi) is 5.35. The standard InChI is InChI=1S/C16H20/c1-4-10-14(6-3)16(11-5-2)15-12-8-7-9-13-15/h4,6-10,12-13,16H,1,3,5,11H2,2H3/b14-10+. The molecule has 0 heteroatoms. The van der Waals surface area contributed by atoms with Crippen molar-refractivity contribution < 1.29 is 0 Å². The molecule has 1 aromatic rings. The summed E-state index contributed by atoms with van der Waals surface area (Å²) in [5, 5.41) is 0. The lowest BCUT2D eigenvalue weighted by Crippen LogP contribution is -2.00. The molecule has 0 saturated carbocycles. The topological polar surface area (TPSA) is 0 Å². The van der Waals surface area contributed by atoms with Crippen molar-refractivity contribution >= 4 is 0 Å². The van der Waals surface area contributed by atoms with Crippen LogP contribution in [0.4, 0.5) is 0 Å². The third-order valence-electron chi connectivity index (χ3n) is 2.73. The van der Waals surface area contributed by atoms with Crippen molar-refractivity contribution in [2.75, 3.05) is 0 Å². The summed E-state index contributed by atoms with van der Waals surface area (Å²) < 4.78 is 0. The van der Waals surface area contributed by atoms with Gasteiger partial charge in [0.05, 0.1) is 0 Å². The van der Waals surface area contributed by atoms with E-state index >= 15 is 0 Å². The van der Waals surface area contributed by atoms with E-state index in [1.165, 1.54) is 17.6 Å². The molecule has 1 atom stereocenters. The second-order valence-electron chi connectivity index (χ2n) is 3.86. The first-order valence-electron chi connectivity index (χ1n) is 5.83. The molecule has 0 aliphatic rings. The minimum absolute atomic E-state index is 0.446. The molecular weight excluding hydrogens is 192 g/mol. The Morgan fingerprint density at radius 3 is 2.44 bits per heavy atom. The molecule has 0 spiro atoms. The summed E-state index contributed by atoms with van der Waals surface area (Å²) in [6, 6.07) is 10.6. The summed E-state index contributed by atoms with van der Waals surface area (Å²) in [7, 11) is 0. The molecule has 1 aromatic carbocycles. The van der Waals surface area contributed by atoms with Crippen LogP contribution in [0, 0.1) is 0 Å². The minimum Gasteiger partial charge on any atom is -0.0991 e. The molecule has 0 radical (unpaired) electrons. The molecular formula is C16H20. The van der Waals surface area contributed by atoms with Crippen LogP contribution in [0.2, 0.25) is 0 Å². The van der Waals surface area contributed by atoms with Crippen LogP contribution in [0.3, 0.4) is 0 Å². The monoisotopic (exact) mass is 212 g/mol. The molecule has 0 saturated heterocycles. The van der Waals surface area contributed by atoms with Gasteiger partial charge in [-0.1, -0.05) is 75.1 Å². The highest BCUT2D eigenvalue weighted by Crippen LogP contribution is 2.29. The van der Waals surface area contributed by atoms with E-state index in [1.807, 2.05) is 12.2 Å². The van der Waals surface area contributed by atoms with E-state index in [2.05, 4.69) is 56.5 Å².